The Morgan fingerprint density at radius 1 is 0.655 bits per heavy atom. The third kappa shape index (κ3) is 8.40. The predicted octanol–water partition coefficient (Wildman–Crippen LogP) is 2.05. The highest BCUT2D eigenvalue weighted by atomic mass is 32.2. The Balaban J connectivity index is 1.64. The van der Waals surface area contributed by atoms with Gasteiger partial charge in [-0.3, -0.25) is 4.18 Å². The Hall–Kier alpha value is -0.290. The van der Waals surface area contributed by atoms with Crippen LogP contribution in [-0.2, 0) is 38.0 Å². The van der Waals surface area contributed by atoms with E-state index in [1.165, 1.54) is 0 Å². The molecule has 0 bridgehead atoms. The molecule has 4 unspecified atom stereocenters. The van der Waals surface area contributed by atoms with Crippen molar-refractivity contribution in [2.24, 2.45) is 0 Å². The highest BCUT2D eigenvalue weighted by molar-refractivity contribution is 7.86. The second kappa shape index (κ2) is 11.9. The molecule has 1 aliphatic heterocycles. The highest BCUT2D eigenvalue weighted by Crippen LogP contribution is 2.26. The van der Waals surface area contributed by atoms with Gasteiger partial charge < -0.3 is 23.7 Å². The van der Waals surface area contributed by atoms with Crippen molar-refractivity contribution in [2.75, 3.05) is 45.9 Å². The van der Waals surface area contributed by atoms with Gasteiger partial charge in [-0.05, 0) is 25.7 Å². The fourth-order valence-corrected chi connectivity index (χ4v) is 4.93. The first-order valence-electron chi connectivity index (χ1n) is 10.9. The van der Waals surface area contributed by atoms with Crippen molar-refractivity contribution in [3.8, 4) is 0 Å². The largest absolute Gasteiger partial charge is 0.377 e. The molecule has 0 aromatic heterocycles. The first-order chi connectivity index (χ1) is 14.0. The van der Waals surface area contributed by atoms with E-state index in [9.17, 15) is 8.42 Å². The zero-order valence-electron chi connectivity index (χ0n) is 17.5. The number of hydrogen-bond acceptors (Lipinski definition) is 8. The van der Waals surface area contributed by atoms with Crippen LogP contribution in [0.1, 0.15) is 51.4 Å². The van der Waals surface area contributed by atoms with Crippen LogP contribution in [0.4, 0.5) is 0 Å². The highest BCUT2D eigenvalue weighted by Gasteiger charge is 2.31. The molecule has 1 heterocycles. The molecule has 0 amide bonds. The van der Waals surface area contributed by atoms with E-state index >= 15 is 0 Å². The summed E-state index contributed by atoms with van der Waals surface area (Å²) in [5.74, 6) is 0. The van der Waals surface area contributed by atoms with Crippen molar-refractivity contribution < 1.29 is 36.3 Å². The summed E-state index contributed by atoms with van der Waals surface area (Å²) in [4.78, 5) is 0. The van der Waals surface area contributed by atoms with Gasteiger partial charge in [0.25, 0.3) is 10.1 Å². The van der Waals surface area contributed by atoms with E-state index in [1.54, 1.807) is 0 Å². The second-order valence-corrected chi connectivity index (χ2v) is 9.77. The fraction of sp³-hybridized carbons (Fsp3) is 1.00. The normalized spacial score (nSPS) is 36.7. The quantitative estimate of drug-likeness (QED) is 0.608. The van der Waals surface area contributed by atoms with Gasteiger partial charge in [0.05, 0.1) is 70.3 Å². The molecule has 3 fully saturated rings. The molecular formula is C20H36O8S. The molecule has 4 atom stereocenters. The van der Waals surface area contributed by atoms with Crippen LogP contribution in [-0.4, -0.2) is 84.8 Å². The van der Waals surface area contributed by atoms with Gasteiger partial charge in [-0.2, -0.15) is 8.42 Å². The van der Waals surface area contributed by atoms with E-state index in [-0.39, 0.29) is 37.6 Å². The molecular weight excluding hydrogens is 400 g/mol. The van der Waals surface area contributed by atoms with Crippen LogP contribution in [0.5, 0.6) is 0 Å². The zero-order chi connectivity index (χ0) is 20.5. The lowest BCUT2D eigenvalue weighted by atomic mass is 9.94. The average molecular weight is 437 g/mol. The van der Waals surface area contributed by atoms with E-state index in [2.05, 4.69) is 0 Å². The topological polar surface area (TPSA) is 89.5 Å². The maximum absolute atomic E-state index is 11.7. The van der Waals surface area contributed by atoms with Crippen LogP contribution in [0.2, 0.25) is 0 Å². The summed E-state index contributed by atoms with van der Waals surface area (Å²) >= 11 is 0. The standard InChI is InChI=1S/C20H36O8S/c1-29(21,22)28-16-14-26-19-8-4-2-6-17(19)24-12-10-23-11-13-25-18-7-3-5-9-20(18)27-15-16/h16-20H,2-15H2,1H3. The molecule has 9 heteroatoms. The minimum absolute atomic E-state index is 0.000896. The summed E-state index contributed by atoms with van der Waals surface area (Å²) < 4.78 is 58.5. The maximum Gasteiger partial charge on any atom is 0.264 e. The average Bonchev–Trinajstić information content (AvgIpc) is 2.69. The second-order valence-electron chi connectivity index (χ2n) is 8.17. The molecule has 3 rings (SSSR count). The van der Waals surface area contributed by atoms with Crippen molar-refractivity contribution >= 4 is 10.1 Å². The fourth-order valence-electron chi connectivity index (χ4n) is 4.32. The van der Waals surface area contributed by atoms with Gasteiger partial charge >= 0.3 is 0 Å². The SMILES string of the molecule is CS(=O)(=O)OC1COC2CCCCC2OCCOCCOC2CCCCC2OC1. The van der Waals surface area contributed by atoms with Crippen molar-refractivity contribution in [1.29, 1.82) is 0 Å². The summed E-state index contributed by atoms with van der Waals surface area (Å²) in [6.45, 7) is 2.40. The summed E-state index contributed by atoms with van der Waals surface area (Å²) in [5, 5.41) is 0. The Bertz CT molecular complexity index is 537. The van der Waals surface area contributed by atoms with Crippen LogP contribution in [0.15, 0.2) is 0 Å². The molecule has 1 saturated heterocycles. The van der Waals surface area contributed by atoms with Gasteiger partial charge in [-0.1, -0.05) is 25.7 Å². The van der Waals surface area contributed by atoms with Gasteiger partial charge in [0, 0.05) is 0 Å². The molecule has 170 valence electrons. The molecule has 0 N–H and O–H groups in total. The van der Waals surface area contributed by atoms with E-state index in [0.717, 1.165) is 57.6 Å². The number of rotatable bonds is 2. The lowest BCUT2D eigenvalue weighted by molar-refractivity contribution is -0.143. The number of fused-ring (bicyclic) bond motifs is 2. The first kappa shape index (κ1) is 23.4. The molecule has 0 radical (unpaired) electrons. The monoisotopic (exact) mass is 436 g/mol. The van der Waals surface area contributed by atoms with Gasteiger partial charge in [-0.15, -0.1) is 0 Å². The molecule has 2 aliphatic carbocycles. The molecule has 2 saturated carbocycles. The third-order valence-electron chi connectivity index (χ3n) is 5.71. The smallest absolute Gasteiger partial charge is 0.264 e. The minimum atomic E-state index is -3.61. The maximum atomic E-state index is 11.7. The molecule has 0 spiro atoms. The van der Waals surface area contributed by atoms with E-state index < -0.39 is 16.2 Å². The number of ether oxygens (including phenoxy) is 5. The Morgan fingerprint density at radius 2 is 1.07 bits per heavy atom. The van der Waals surface area contributed by atoms with Gasteiger partial charge in [0.2, 0.25) is 0 Å². The van der Waals surface area contributed by atoms with Gasteiger partial charge in [0.15, 0.2) is 0 Å². The first-order valence-corrected chi connectivity index (χ1v) is 12.8. The van der Waals surface area contributed by atoms with Crippen LogP contribution in [0.3, 0.4) is 0 Å². The van der Waals surface area contributed by atoms with Crippen LogP contribution < -0.4 is 0 Å². The lowest BCUT2D eigenvalue weighted by Gasteiger charge is -2.34. The Morgan fingerprint density at radius 3 is 1.48 bits per heavy atom. The zero-order valence-corrected chi connectivity index (χ0v) is 18.3. The summed E-state index contributed by atoms with van der Waals surface area (Å²) in [7, 11) is -3.61. The molecule has 3 aliphatic rings. The van der Waals surface area contributed by atoms with E-state index in [1.807, 2.05) is 0 Å². The van der Waals surface area contributed by atoms with Crippen molar-refractivity contribution in [2.45, 2.75) is 81.9 Å². The van der Waals surface area contributed by atoms with Gasteiger partial charge in [0.1, 0.15) is 6.10 Å². The minimum Gasteiger partial charge on any atom is -0.377 e. The molecule has 0 aromatic carbocycles. The van der Waals surface area contributed by atoms with Crippen molar-refractivity contribution in [3.63, 3.8) is 0 Å². The summed E-state index contributed by atoms with van der Waals surface area (Å²) in [5.41, 5.74) is 0. The van der Waals surface area contributed by atoms with Crippen LogP contribution in [0.25, 0.3) is 0 Å². The van der Waals surface area contributed by atoms with E-state index in [0.29, 0.717) is 26.4 Å². The van der Waals surface area contributed by atoms with Gasteiger partial charge in [-0.25, -0.2) is 0 Å². The van der Waals surface area contributed by atoms with Crippen LogP contribution >= 0.6 is 0 Å². The summed E-state index contributed by atoms with van der Waals surface area (Å²) in [6, 6.07) is 0. The molecule has 29 heavy (non-hydrogen) atoms. The summed E-state index contributed by atoms with van der Waals surface area (Å²) in [6.07, 6.45) is 8.30. The lowest BCUT2D eigenvalue weighted by Crippen LogP contribution is -2.41. The Labute approximate surface area is 174 Å². The third-order valence-corrected chi connectivity index (χ3v) is 6.33. The number of hydrogen-bond donors (Lipinski definition) is 0. The van der Waals surface area contributed by atoms with Crippen LogP contribution in [0, 0.1) is 0 Å². The van der Waals surface area contributed by atoms with E-state index in [4.69, 9.17) is 27.9 Å². The Kier molecular flexibility index (Phi) is 9.61. The molecule has 8 nitrogen and oxygen atoms in total. The van der Waals surface area contributed by atoms with Crippen molar-refractivity contribution in [3.05, 3.63) is 0 Å². The van der Waals surface area contributed by atoms with Crippen molar-refractivity contribution in [1.82, 2.24) is 0 Å². The predicted molar refractivity (Wildman–Crippen MR) is 106 cm³/mol. The molecule has 0 aromatic rings.